The maximum atomic E-state index is 12.4. The molecule has 1 aromatic rings. The van der Waals surface area contributed by atoms with E-state index in [1.54, 1.807) is 12.1 Å². The SMILES string of the molecule is FC(F)(F)c1ccc(CN2CC[CH]CC2)cc1. The van der Waals surface area contributed by atoms with Crippen LogP contribution in [0.2, 0.25) is 0 Å². The Morgan fingerprint density at radius 3 is 2.12 bits per heavy atom. The summed E-state index contributed by atoms with van der Waals surface area (Å²) in [4.78, 5) is 2.27. The summed E-state index contributed by atoms with van der Waals surface area (Å²) in [7, 11) is 0. The molecule has 0 atom stereocenters. The molecular formula is C13H15F3N. The van der Waals surface area contributed by atoms with E-state index in [0.717, 1.165) is 50.2 Å². The summed E-state index contributed by atoms with van der Waals surface area (Å²) in [5.41, 5.74) is 0.369. The highest BCUT2D eigenvalue weighted by Crippen LogP contribution is 2.29. The third kappa shape index (κ3) is 3.46. The summed E-state index contributed by atoms with van der Waals surface area (Å²) in [6, 6.07) is 5.46. The van der Waals surface area contributed by atoms with Crippen LogP contribution in [0.25, 0.3) is 0 Å². The third-order valence-electron chi connectivity index (χ3n) is 2.99. The fraction of sp³-hybridized carbons (Fsp3) is 0.462. The molecule has 93 valence electrons. The second-order valence-corrected chi connectivity index (χ2v) is 4.34. The van der Waals surface area contributed by atoms with Gasteiger partial charge in [-0.05, 0) is 50.0 Å². The van der Waals surface area contributed by atoms with Crippen molar-refractivity contribution < 1.29 is 13.2 Å². The topological polar surface area (TPSA) is 3.24 Å². The summed E-state index contributed by atoms with van der Waals surface area (Å²) in [5.74, 6) is 0. The molecule has 0 saturated carbocycles. The lowest BCUT2D eigenvalue weighted by Gasteiger charge is -2.26. The number of likely N-dealkylation sites (tertiary alicyclic amines) is 1. The van der Waals surface area contributed by atoms with Crippen molar-refractivity contribution in [3.05, 3.63) is 41.8 Å². The van der Waals surface area contributed by atoms with Crippen molar-refractivity contribution in [2.45, 2.75) is 25.6 Å². The zero-order chi connectivity index (χ0) is 12.3. The van der Waals surface area contributed by atoms with E-state index < -0.39 is 11.7 Å². The summed E-state index contributed by atoms with van der Waals surface area (Å²) in [5, 5.41) is 0. The lowest BCUT2D eigenvalue weighted by molar-refractivity contribution is -0.137. The molecule has 1 aromatic carbocycles. The highest BCUT2D eigenvalue weighted by molar-refractivity contribution is 5.24. The van der Waals surface area contributed by atoms with Gasteiger partial charge in [0.15, 0.2) is 0 Å². The van der Waals surface area contributed by atoms with Crippen molar-refractivity contribution in [3.63, 3.8) is 0 Å². The molecule has 1 aliphatic rings. The van der Waals surface area contributed by atoms with E-state index >= 15 is 0 Å². The summed E-state index contributed by atoms with van der Waals surface area (Å²) in [6.07, 6.45) is 0.156. The first-order chi connectivity index (χ1) is 8.05. The Balaban J connectivity index is 1.98. The first kappa shape index (κ1) is 12.4. The predicted octanol–water partition coefficient (Wildman–Crippen LogP) is 3.51. The van der Waals surface area contributed by atoms with Gasteiger partial charge < -0.3 is 0 Å². The minimum atomic E-state index is -4.24. The van der Waals surface area contributed by atoms with Gasteiger partial charge in [-0.2, -0.15) is 13.2 Å². The quantitative estimate of drug-likeness (QED) is 0.767. The first-order valence-electron chi connectivity index (χ1n) is 5.76. The van der Waals surface area contributed by atoms with Crippen LogP contribution in [0.1, 0.15) is 24.0 Å². The Morgan fingerprint density at radius 2 is 1.59 bits per heavy atom. The van der Waals surface area contributed by atoms with Crippen LogP contribution >= 0.6 is 0 Å². The Hall–Kier alpha value is -1.03. The van der Waals surface area contributed by atoms with Crippen molar-refractivity contribution in [2.24, 2.45) is 0 Å². The molecule has 1 radical (unpaired) electrons. The maximum absolute atomic E-state index is 12.4. The Bertz CT molecular complexity index is 350. The van der Waals surface area contributed by atoms with E-state index in [0.29, 0.717) is 0 Å². The van der Waals surface area contributed by atoms with Crippen molar-refractivity contribution in [1.29, 1.82) is 0 Å². The normalized spacial score (nSPS) is 18.3. The van der Waals surface area contributed by atoms with Gasteiger partial charge in [0.05, 0.1) is 5.56 Å². The van der Waals surface area contributed by atoms with Crippen LogP contribution in [-0.4, -0.2) is 18.0 Å². The zero-order valence-electron chi connectivity index (χ0n) is 9.50. The van der Waals surface area contributed by atoms with Gasteiger partial charge in [0.2, 0.25) is 0 Å². The number of hydrogen-bond donors (Lipinski definition) is 0. The molecule has 1 fully saturated rings. The van der Waals surface area contributed by atoms with Crippen molar-refractivity contribution in [1.82, 2.24) is 4.90 Å². The summed E-state index contributed by atoms with van der Waals surface area (Å²) in [6.45, 7) is 2.74. The predicted molar refractivity (Wildman–Crippen MR) is 60.3 cm³/mol. The van der Waals surface area contributed by atoms with Gasteiger partial charge in [0.25, 0.3) is 0 Å². The Morgan fingerprint density at radius 1 is 1.00 bits per heavy atom. The average Bonchev–Trinajstić information content (AvgIpc) is 2.30. The molecule has 0 aliphatic carbocycles. The number of benzene rings is 1. The van der Waals surface area contributed by atoms with E-state index in [1.165, 1.54) is 0 Å². The molecule has 1 saturated heterocycles. The number of rotatable bonds is 2. The molecule has 0 bridgehead atoms. The van der Waals surface area contributed by atoms with Gasteiger partial charge in [-0.25, -0.2) is 0 Å². The molecule has 1 heterocycles. The molecule has 1 aliphatic heterocycles. The standard InChI is InChI=1S/C13H15F3N/c14-13(15,16)12-6-4-11(5-7-12)10-17-8-2-1-3-9-17/h1,4-7H,2-3,8-10H2. The lowest BCUT2D eigenvalue weighted by Crippen LogP contribution is -2.29. The van der Waals surface area contributed by atoms with Gasteiger partial charge in [-0.1, -0.05) is 12.1 Å². The van der Waals surface area contributed by atoms with Crippen LogP contribution in [0, 0.1) is 6.42 Å². The van der Waals surface area contributed by atoms with Crippen LogP contribution in [0.3, 0.4) is 0 Å². The number of piperidine rings is 1. The van der Waals surface area contributed by atoms with Gasteiger partial charge in [-0.3, -0.25) is 4.90 Å². The van der Waals surface area contributed by atoms with Crippen molar-refractivity contribution in [2.75, 3.05) is 13.1 Å². The van der Waals surface area contributed by atoms with Gasteiger partial charge in [-0.15, -0.1) is 0 Å². The molecule has 0 N–H and O–H groups in total. The van der Waals surface area contributed by atoms with Crippen LogP contribution < -0.4 is 0 Å². The maximum Gasteiger partial charge on any atom is 0.416 e. The number of alkyl halides is 3. The van der Waals surface area contributed by atoms with Crippen LogP contribution in [0.4, 0.5) is 13.2 Å². The summed E-state index contributed by atoms with van der Waals surface area (Å²) >= 11 is 0. The fourth-order valence-corrected chi connectivity index (χ4v) is 2.02. The number of halogens is 3. The van der Waals surface area contributed by atoms with Gasteiger partial charge in [0, 0.05) is 6.54 Å². The van der Waals surface area contributed by atoms with Crippen LogP contribution in [-0.2, 0) is 12.7 Å². The molecule has 0 amide bonds. The Kier molecular flexibility index (Phi) is 3.72. The van der Waals surface area contributed by atoms with E-state index in [1.807, 2.05) is 0 Å². The van der Waals surface area contributed by atoms with Crippen LogP contribution in [0.5, 0.6) is 0 Å². The molecular weight excluding hydrogens is 227 g/mol. The molecule has 1 nitrogen and oxygen atoms in total. The van der Waals surface area contributed by atoms with Crippen LogP contribution in [0.15, 0.2) is 24.3 Å². The monoisotopic (exact) mass is 242 g/mol. The third-order valence-corrected chi connectivity index (χ3v) is 2.99. The average molecular weight is 242 g/mol. The smallest absolute Gasteiger partial charge is 0.299 e. The van der Waals surface area contributed by atoms with E-state index in [9.17, 15) is 13.2 Å². The highest BCUT2D eigenvalue weighted by atomic mass is 19.4. The van der Waals surface area contributed by atoms with Crippen molar-refractivity contribution >= 4 is 0 Å². The Labute approximate surface area is 99.2 Å². The van der Waals surface area contributed by atoms with Gasteiger partial charge >= 0.3 is 6.18 Å². The molecule has 0 aromatic heterocycles. The lowest BCUT2D eigenvalue weighted by atomic mass is 10.1. The first-order valence-corrected chi connectivity index (χ1v) is 5.76. The minimum absolute atomic E-state index is 0.576. The largest absolute Gasteiger partial charge is 0.416 e. The molecule has 2 rings (SSSR count). The molecule has 0 spiro atoms. The number of nitrogens with zero attached hydrogens (tertiary/aromatic N) is 1. The number of hydrogen-bond acceptors (Lipinski definition) is 1. The van der Waals surface area contributed by atoms with E-state index in [4.69, 9.17) is 0 Å². The molecule has 17 heavy (non-hydrogen) atoms. The van der Waals surface area contributed by atoms with Gasteiger partial charge in [0.1, 0.15) is 0 Å². The minimum Gasteiger partial charge on any atom is -0.299 e. The second kappa shape index (κ2) is 5.08. The summed E-state index contributed by atoms with van der Waals surface area (Å²) < 4.78 is 37.1. The van der Waals surface area contributed by atoms with E-state index in [2.05, 4.69) is 11.3 Å². The molecule has 4 heteroatoms. The van der Waals surface area contributed by atoms with E-state index in [-0.39, 0.29) is 0 Å². The van der Waals surface area contributed by atoms with Crippen molar-refractivity contribution in [3.8, 4) is 0 Å². The zero-order valence-corrected chi connectivity index (χ0v) is 9.50. The highest BCUT2D eigenvalue weighted by Gasteiger charge is 2.29. The molecule has 0 unspecified atom stereocenters. The second-order valence-electron chi connectivity index (χ2n) is 4.34. The fourth-order valence-electron chi connectivity index (χ4n) is 2.02.